The lowest BCUT2D eigenvalue weighted by atomic mass is 9.98. The molecule has 1 aliphatic rings. The summed E-state index contributed by atoms with van der Waals surface area (Å²) < 4.78 is 11.1. The molecule has 11 heteroatoms. The minimum absolute atomic E-state index is 0.245. The molecule has 422 valence electrons. The van der Waals surface area contributed by atoms with E-state index in [0.29, 0.717) is 19.3 Å². The molecule has 0 aromatic carbocycles. The number of carbonyl (C=O) groups is 1. The van der Waals surface area contributed by atoms with Crippen LogP contribution in [0.1, 0.15) is 264 Å². The van der Waals surface area contributed by atoms with Gasteiger partial charge in [0, 0.05) is 0 Å². The van der Waals surface area contributed by atoms with Gasteiger partial charge < -0.3 is 50.5 Å². The Kier molecular flexibility index (Phi) is 47.2. The molecule has 0 bridgehead atoms. The highest BCUT2D eigenvalue weighted by Crippen LogP contribution is 2.23. The Bertz CT molecular complexity index is 1310. The van der Waals surface area contributed by atoms with Crippen molar-refractivity contribution in [3.05, 3.63) is 48.6 Å². The fourth-order valence-corrected chi connectivity index (χ4v) is 9.42. The van der Waals surface area contributed by atoms with E-state index in [1.807, 2.05) is 0 Å². The molecule has 0 aromatic heterocycles. The second-order valence-corrected chi connectivity index (χ2v) is 21.0. The summed E-state index contributed by atoms with van der Waals surface area (Å²) >= 11 is 0. The maximum absolute atomic E-state index is 13.1. The average molecular weight is 1020 g/mol. The van der Waals surface area contributed by atoms with E-state index in [1.165, 1.54) is 173 Å². The number of hydrogen-bond donors (Lipinski definition) is 8. The Labute approximate surface area is 440 Å². The predicted octanol–water partition coefficient (Wildman–Crippen LogP) is 12.8. The van der Waals surface area contributed by atoms with Crippen LogP contribution >= 0.6 is 0 Å². The van der Waals surface area contributed by atoms with E-state index in [4.69, 9.17) is 9.47 Å². The molecule has 0 spiro atoms. The molecular weight excluding hydrogens is 907 g/mol. The minimum Gasteiger partial charge on any atom is -0.394 e. The number of rotatable bonds is 51. The first-order valence-corrected chi connectivity index (χ1v) is 30.0. The predicted molar refractivity (Wildman–Crippen MR) is 298 cm³/mol. The number of aliphatic hydroxyl groups is 7. The molecule has 11 nitrogen and oxygen atoms in total. The summed E-state index contributed by atoms with van der Waals surface area (Å²) in [5.41, 5.74) is 0. The van der Waals surface area contributed by atoms with E-state index in [2.05, 4.69) is 67.8 Å². The van der Waals surface area contributed by atoms with Crippen molar-refractivity contribution in [1.29, 1.82) is 0 Å². The first-order valence-electron chi connectivity index (χ1n) is 30.0. The van der Waals surface area contributed by atoms with Crippen molar-refractivity contribution in [1.82, 2.24) is 5.32 Å². The van der Waals surface area contributed by atoms with Gasteiger partial charge in [-0.15, -0.1) is 0 Å². The van der Waals surface area contributed by atoms with Gasteiger partial charge >= 0.3 is 0 Å². The maximum atomic E-state index is 13.1. The fraction of sp³-hybridized carbons (Fsp3) is 0.852. The van der Waals surface area contributed by atoms with Crippen LogP contribution in [0.25, 0.3) is 0 Å². The fourth-order valence-electron chi connectivity index (χ4n) is 9.42. The van der Waals surface area contributed by atoms with Crippen molar-refractivity contribution in [3.63, 3.8) is 0 Å². The Morgan fingerprint density at radius 2 is 0.889 bits per heavy atom. The van der Waals surface area contributed by atoms with Crippen LogP contribution in [0.4, 0.5) is 0 Å². The second-order valence-electron chi connectivity index (χ2n) is 21.0. The van der Waals surface area contributed by atoms with Crippen molar-refractivity contribution in [2.24, 2.45) is 0 Å². The van der Waals surface area contributed by atoms with Gasteiger partial charge in [0.2, 0.25) is 5.91 Å². The van der Waals surface area contributed by atoms with Gasteiger partial charge in [-0.1, -0.05) is 236 Å². The van der Waals surface area contributed by atoms with Crippen LogP contribution in [-0.2, 0) is 14.3 Å². The molecule has 1 rings (SSSR count). The Morgan fingerprint density at radius 3 is 1.36 bits per heavy atom. The smallest absolute Gasteiger partial charge is 0.249 e. The zero-order valence-electron chi connectivity index (χ0n) is 46.2. The van der Waals surface area contributed by atoms with Gasteiger partial charge in [0.25, 0.3) is 0 Å². The van der Waals surface area contributed by atoms with Crippen LogP contribution in [0.3, 0.4) is 0 Å². The zero-order chi connectivity index (χ0) is 52.5. The van der Waals surface area contributed by atoms with E-state index in [9.17, 15) is 40.5 Å². The van der Waals surface area contributed by atoms with Crippen molar-refractivity contribution in [3.8, 4) is 0 Å². The molecule has 1 amide bonds. The van der Waals surface area contributed by atoms with Gasteiger partial charge in [-0.2, -0.15) is 0 Å². The monoisotopic (exact) mass is 1020 g/mol. The summed E-state index contributed by atoms with van der Waals surface area (Å²) in [5.74, 6) is -0.711. The highest BCUT2D eigenvalue weighted by atomic mass is 16.7. The lowest BCUT2D eigenvalue weighted by molar-refractivity contribution is -0.303. The third-order valence-electron chi connectivity index (χ3n) is 14.3. The van der Waals surface area contributed by atoms with Gasteiger partial charge in [0.1, 0.15) is 36.6 Å². The van der Waals surface area contributed by atoms with Crippen LogP contribution in [0.15, 0.2) is 48.6 Å². The summed E-state index contributed by atoms with van der Waals surface area (Å²) in [6.07, 6.45) is 52.1. The number of unbranched alkanes of at least 4 members (excludes halogenated alkanes) is 31. The Balaban J connectivity index is 2.16. The van der Waals surface area contributed by atoms with Crippen LogP contribution in [0.2, 0.25) is 0 Å². The molecule has 1 heterocycles. The van der Waals surface area contributed by atoms with Crippen molar-refractivity contribution in [2.45, 2.75) is 319 Å². The minimum atomic E-state index is -1.67. The molecule has 9 atom stereocenters. The number of amides is 1. The van der Waals surface area contributed by atoms with Gasteiger partial charge in [-0.05, 0) is 77.0 Å². The molecular formula is C61H113NO10. The number of allylic oxidation sites excluding steroid dienone is 8. The molecule has 72 heavy (non-hydrogen) atoms. The number of ether oxygens (including phenoxy) is 2. The molecule has 0 radical (unpaired) electrons. The summed E-state index contributed by atoms with van der Waals surface area (Å²) in [6, 6.07) is -1.19. The topological polar surface area (TPSA) is 189 Å². The molecule has 1 fully saturated rings. The van der Waals surface area contributed by atoms with Crippen LogP contribution in [0.5, 0.6) is 0 Å². The molecule has 1 aliphatic heterocycles. The molecule has 9 unspecified atom stereocenters. The molecule has 0 saturated carbocycles. The van der Waals surface area contributed by atoms with Gasteiger partial charge in [0.15, 0.2) is 6.29 Å². The molecule has 8 N–H and O–H groups in total. The number of hydrogen-bond acceptors (Lipinski definition) is 10. The number of carbonyl (C=O) groups excluding carboxylic acids is 1. The summed E-state index contributed by atoms with van der Waals surface area (Å²) in [4.78, 5) is 13.1. The van der Waals surface area contributed by atoms with Gasteiger partial charge in [-0.3, -0.25) is 4.79 Å². The van der Waals surface area contributed by atoms with E-state index in [0.717, 1.165) is 44.9 Å². The first-order chi connectivity index (χ1) is 35.2. The highest BCUT2D eigenvalue weighted by Gasteiger charge is 2.44. The van der Waals surface area contributed by atoms with Gasteiger partial charge in [0.05, 0.1) is 25.4 Å². The van der Waals surface area contributed by atoms with E-state index in [1.54, 1.807) is 0 Å². The van der Waals surface area contributed by atoms with E-state index >= 15 is 0 Å². The maximum Gasteiger partial charge on any atom is 0.249 e. The average Bonchev–Trinajstić information content (AvgIpc) is 3.38. The lowest BCUT2D eigenvalue weighted by Gasteiger charge is -2.40. The normalized spacial score (nSPS) is 20.4. The van der Waals surface area contributed by atoms with E-state index < -0.39 is 74.2 Å². The third kappa shape index (κ3) is 37.7. The molecule has 0 aromatic rings. The standard InChI is InChI=1S/C61H113NO10/c1-3-5-7-9-11-13-15-16-17-18-19-20-21-22-23-24-25-26-27-28-29-30-31-32-33-34-35-36-37-39-41-43-45-47-49-54(65)60(70)62-52(51-71-61-59(69)58(68)57(67)55(50-63)72-61)56(66)53(64)48-46-44-42-40-38-14-12-10-8-6-4-2/h10,12,21-22,24-25,40,42,52-59,61,63-69H,3-9,11,13-20,23,26-39,41,43-51H2,1-2H3,(H,62,70)/b12-10+,22-21-,25-24-,42-40+. The SMILES string of the molecule is CCCC/C=C/CC/C=C/CCCC(O)C(O)C(COC1OC(CO)C(O)C(O)C1O)NC(=O)C(O)CCCCCCCCCCCCCCCCCC/C=C\C/C=C\CCCCCCCCCCCCC. The lowest BCUT2D eigenvalue weighted by Crippen LogP contribution is -2.60. The van der Waals surface area contributed by atoms with E-state index in [-0.39, 0.29) is 12.8 Å². The third-order valence-corrected chi connectivity index (χ3v) is 14.3. The van der Waals surface area contributed by atoms with Crippen LogP contribution < -0.4 is 5.32 Å². The molecule has 1 saturated heterocycles. The summed E-state index contributed by atoms with van der Waals surface area (Å²) in [6.45, 7) is 3.38. The van der Waals surface area contributed by atoms with Crippen LogP contribution in [-0.4, -0.2) is 110 Å². The van der Waals surface area contributed by atoms with Crippen molar-refractivity contribution < 1.29 is 50.0 Å². The second kappa shape index (κ2) is 49.9. The summed E-state index contributed by atoms with van der Waals surface area (Å²) in [7, 11) is 0. The van der Waals surface area contributed by atoms with Crippen molar-refractivity contribution in [2.75, 3.05) is 13.2 Å². The largest absolute Gasteiger partial charge is 0.394 e. The Hall–Kier alpha value is -1.93. The quantitative estimate of drug-likeness (QED) is 0.0215. The first kappa shape index (κ1) is 68.1. The number of nitrogens with one attached hydrogen (secondary N) is 1. The van der Waals surface area contributed by atoms with Crippen molar-refractivity contribution >= 4 is 5.91 Å². The van der Waals surface area contributed by atoms with Gasteiger partial charge in [-0.25, -0.2) is 0 Å². The Morgan fingerprint density at radius 1 is 0.486 bits per heavy atom. The molecule has 0 aliphatic carbocycles. The zero-order valence-corrected chi connectivity index (χ0v) is 46.2. The number of aliphatic hydroxyl groups excluding tert-OH is 7. The highest BCUT2D eigenvalue weighted by molar-refractivity contribution is 5.80. The summed E-state index contributed by atoms with van der Waals surface area (Å²) in [5, 5.41) is 75.8. The van der Waals surface area contributed by atoms with Crippen LogP contribution in [0, 0.1) is 0 Å².